The van der Waals surface area contributed by atoms with Crippen molar-refractivity contribution in [3.8, 4) is 11.4 Å². The van der Waals surface area contributed by atoms with Crippen molar-refractivity contribution in [2.45, 2.75) is 18.9 Å². The van der Waals surface area contributed by atoms with Gasteiger partial charge in [-0.05, 0) is 43.0 Å². The smallest absolute Gasteiger partial charge is 0.181 e. The molecule has 3 aromatic rings. The Hall–Kier alpha value is -2.54. The summed E-state index contributed by atoms with van der Waals surface area (Å²) in [5.74, 6) is 1.24. The molecule has 1 saturated carbocycles. The van der Waals surface area contributed by atoms with Crippen molar-refractivity contribution in [2.24, 2.45) is 5.92 Å². The van der Waals surface area contributed by atoms with E-state index in [1.807, 2.05) is 12.1 Å². The molecule has 0 bridgehead atoms. The number of piperazine rings is 1. The Labute approximate surface area is 146 Å². The fourth-order valence-corrected chi connectivity index (χ4v) is 3.61. The average Bonchev–Trinajstić information content (AvgIpc) is 3.42. The third kappa shape index (κ3) is 2.64. The van der Waals surface area contributed by atoms with E-state index in [9.17, 15) is 4.39 Å². The van der Waals surface area contributed by atoms with Crippen LogP contribution in [0.4, 0.5) is 10.2 Å². The quantitative estimate of drug-likeness (QED) is 0.767. The van der Waals surface area contributed by atoms with Gasteiger partial charge in [-0.3, -0.25) is 5.10 Å². The van der Waals surface area contributed by atoms with Crippen molar-refractivity contribution in [3.63, 3.8) is 0 Å². The van der Waals surface area contributed by atoms with Crippen molar-refractivity contribution >= 4 is 16.9 Å². The molecular weight excluding hydrogens is 319 g/mol. The second-order valence-corrected chi connectivity index (χ2v) is 6.82. The summed E-state index contributed by atoms with van der Waals surface area (Å²) in [6.07, 6.45) is 4.29. The van der Waals surface area contributed by atoms with Crippen LogP contribution >= 0.6 is 0 Å². The van der Waals surface area contributed by atoms with Crippen molar-refractivity contribution in [1.82, 2.24) is 25.5 Å². The largest absolute Gasteiger partial charge is 0.354 e. The highest BCUT2D eigenvalue weighted by Gasteiger charge is 2.34. The lowest BCUT2D eigenvalue weighted by Crippen LogP contribution is -2.52. The lowest BCUT2D eigenvalue weighted by Gasteiger charge is -2.34. The fraction of sp³-hybridized carbons (Fsp3) is 0.389. The van der Waals surface area contributed by atoms with Crippen LogP contribution in [-0.4, -0.2) is 45.8 Å². The summed E-state index contributed by atoms with van der Waals surface area (Å²) in [4.78, 5) is 11.1. The first-order chi connectivity index (χ1) is 12.3. The number of H-pyrrole nitrogens is 1. The third-order valence-corrected chi connectivity index (χ3v) is 5.12. The van der Waals surface area contributed by atoms with E-state index in [4.69, 9.17) is 0 Å². The normalized spacial score (nSPS) is 21.0. The van der Waals surface area contributed by atoms with Gasteiger partial charge in [0.25, 0.3) is 0 Å². The van der Waals surface area contributed by atoms with Crippen LogP contribution in [0.3, 0.4) is 0 Å². The maximum Gasteiger partial charge on any atom is 0.181 e. The number of aromatic amines is 1. The average molecular weight is 340 g/mol. The van der Waals surface area contributed by atoms with E-state index in [-0.39, 0.29) is 7.24 Å². The highest BCUT2D eigenvalue weighted by molar-refractivity contribution is 5.89. The van der Waals surface area contributed by atoms with Gasteiger partial charge >= 0.3 is 0 Å². The van der Waals surface area contributed by atoms with E-state index in [1.165, 1.54) is 18.9 Å². The Morgan fingerprint density at radius 3 is 3.04 bits per heavy atom. The number of rotatable bonds is 3. The summed E-state index contributed by atoms with van der Waals surface area (Å²) < 4.78 is 14.5. The van der Waals surface area contributed by atoms with Gasteiger partial charge in [0.2, 0.25) is 0 Å². The predicted molar refractivity (Wildman–Crippen MR) is 95.9 cm³/mol. The molecule has 1 atom stereocenters. The van der Waals surface area contributed by atoms with Gasteiger partial charge in [0.15, 0.2) is 11.5 Å². The maximum atomic E-state index is 14.5. The number of nitrogens with one attached hydrogen (secondary N) is 2. The minimum absolute atomic E-state index is 0. The van der Waals surface area contributed by atoms with E-state index in [0.29, 0.717) is 23.1 Å². The molecule has 2 aliphatic rings. The highest BCUT2D eigenvalue weighted by atomic mass is 19.1. The van der Waals surface area contributed by atoms with Gasteiger partial charge in [-0.1, -0.05) is 0 Å². The molecule has 0 radical (unpaired) electrons. The zero-order chi connectivity index (χ0) is 16.8. The zero-order valence-electron chi connectivity index (χ0n) is 13.7. The topological polar surface area (TPSA) is 69.7 Å². The molecule has 4 heterocycles. The van der Waals surface area contributed by atoms with E-state index in [0.717, 1.165) is 36.8 Å². The van der Waals surface area contributed by atoms with Crippen molar-refractivity contribution in [2.75, 3.05) is 24.5 Å². The van der Waals surface area contributed by atoms with Gasteiger partial charge in [-0.15, -0.1) is 0 Å². The minimum Gasteiger partial charge on any atom is -0.354 e. The van der Waals surface area contributed by atoms with Gasteiger partial charge < -0.3 is 10.2 Å². The molecule has 1 aliphatic carbocycles. The standard InChI is InChI=1S/C18H19FN6.H2/c19-13-5-6-15(25-9-8-20-14(10-25)11-3-4-11)22-17(13)16-12-2-1-7-21-18(12)24-23-16;/h1-2,5-7,11,14,20H,3-4,8-10H2,(H,21,23,24);1H. The van der Waals surface area contributed by atoms with Crippen LogP contribution in [0.1, 0.15) is 14.3 Å². The molecule has 6 nitrogen and oxygen atoms in total. The Kier molecular flexibility index (Phi) is 3.41. The van der Waals surface area contributed by atoms with Crippen molar-refractivity contribution < 1.29 is 5.82 Å². The summed E-state index contributed by atoms with van der Waals surface area (Å²) in [6, 6.07) is 7.48. The maximum absolute atomic E-state index is 14.5. The van der Waals surface area contributed by atoms with Gasteiger partial charge in [0.1, 0.15) is 11.5 Å². The predicted octanol–water partition coefficient (Wildman–Crippen LogP) is 2.59. The molecule has 0 amide bonds. The van der Waals surface area contributed by atoms with E-state index in [2.05, 4.69) is 30.4 Å². The molecule has 130 valence electrons. The zero-order valence-corrected chi connectivity index (χ0v) is 13.7. The van der Waals surface area contributed by atoms with Crippen LogP contribution in [-0.2, 0) is 0 Å². The van der Waals surface area contributed by atoms with E-state index >= 15 is 0 Å². The number of halogens is 1. The molecule has 3 aromatic heterocycles. The molecule has 1 unspecified atom stereocenters. The van der Waals surface area contributed by atoms with Crippen LogP contribution in [0.2, 0.25) is 0 Å². The van der Waals surface area contributed by atoms with Gasteiger partial charge in [0, 0.05) is 38.7 Å². The SMILES string of the molecule is Fc1ccc(N2CCNC(C3CC3)C2)nc1-c1[nH]nc2ncccc12.[HH]. The summed E-state index contributed by atoms with van der Waals surface area (Å²) in [6.45, 7) is 2.74. The molecule has 1 aliphatic heterocycles. The lowest BCUT2D eigenvalue weighted by atomic mass is 10.1. The monoisotopic (exact) mass is 340 g/mol. The summed E-state index contributed by atoms with van der Waals surface area (Å²) in [5.41, 5.74) is 1.45. The first-order valence-corrected chi connectivity index (χ1v) is 8.74. The number of hydrogen-bond donors (Lipinski definition) is 2. The second kappa shape index (κ2) is 5.77. The molecule has 2 fully saturated rings. The molecule has 25 heavy (non-hydrogen) atoms. The lowest BCUT2D eigenvalue weighted by molar-refractivity contribution is 0.417. The number of aromatic nitrogens is 4. The number of nitrogens with zero attached hydrogens (tertiary/aromatic N) is 4. The molecule has 0 spiro atoms. The number of anilines is 1. The molecule has 0 aromatic carbocycles. The molecular formula is C18H21FN6. The molecule has 2 N–H and O–H groups in total. The highest BCUT2D eigenvalue weighted by Crippen LogP contribution is 2.34. The summed E-state index contributed by atoms with van der Waals surface area (Å²) in [5, 5.41) is 11.4. The fourth-order valence-electron chi connectivity index (χ4n) is 3.61. The Morgan fingerprint density at radius 2 is 2.16 bits per heavy atom. The first-order valence-electron chi connectivity index (χ1n) is 8.74. The van der Waals surface area contributed by atoms with Gasteiger partial charge in [-0.2, -0.15) is 5.10 Å². The summed E-state index contributed by atoms with van der Waals surface area (Å²) in [7, 11) is 0. The number of pyridine rings is 2. The molecule has 7 heteroatoms. The Morgan fingerprint density at radius 1 is 1.24 bits per heavy atom. The second-order valence-electron chi connectivity index (χ2n) is 6.82. The van der Waals surface area contributed by atoms with E-state index < -0.39 is 0 Å². The number of hydrogen-bond acceptors (Lipinski definition) is 5. The number of fused-ring (bicyclic) bond motifs is 1. The molecule has 1 saturated heterocycles. The van der Waals surface area contributed by atoms with Crippen LogP contribution in [0.25, 0.3) is 22.4 Å². The van der Waals surface area contributed by atoms with Gasteiger partial charge in [0.05, 0.1) is 5.69 Å². The molecule has 5 rings (SSSR count). The Bertz CT molecular complexity index is 925. The van der Waals surface area contributed by atoms with Crippen molar-refractivity contribution in [3.05, 3.63) is 36.3 Å². The Balaban J connectivity index is 0.00000168. The van der Waals surface area contributed by atoms with Crippen molar-refractivity contribution in [1.29, 1.82) is 0 Å². The van der Waals surface area contributed by atoms with Crippen LogP contribution in [0.15, 0.2) is 30.5 Å². The van der Waals surface area contributed by atoms with E-state index in [1.54, 1.807) is 12.3 Å². The third-order valence-electron chi connectivity index (χ3n) is 5.12. The van der Waals surface area contributed by atoms with Crippen LogP contribution < -0.4 is 10.2 Å². The van der Waals surface area contributed by atoms with Crippen LogP contribution in [0.5, 0.6) is 0 Å². The van der Waals surface area contributed by atoms with Crippen LogP contribution in [0, 0.1) is 11.7 Å². The first kappa shape index (κ1) is 14.8. The minimum atomic E-state index is -0.355. The summed E-state index contributed by atoms with van der Waals surface area (Å²) >= 11 is 0. The van der Waals surface area contributed by atoms with Gasteiger partial charge in [-0.25, -0.2) is 14.4 Å².